The van der Waals surface area contributed by atoms with Crippen molar-refractivity contribution >= 4 is 5.91 Å². The highest BCUT2D eigenvalue weighted by Crippen LogP contribution is 2.23. The quantitative estimate of drug-likeness (QED) is 0.905. The molecule has 0 saturated heterocycles. The molecule has 0 atom stereocenters. The van der Waals surface area contributed by atoms with E-state index in [0.717, 1.165) is 43.5 Å². The van der Waals surface area contributed by atoms with E-state index in [1.165, 1.54) is 0 Å². The molecule has 2 N–H and O–H groups in total. The van der Waals surface area contributed by atoms with Crippen LogP contribution in [0.25, 0.3) is 0 Å². The number of amides is 1. The van der Waals surface area contributed by atoms with Crippen LogP contribution in [0.1, 0.15) is 38.2 Å². The maximum Gasteiger partial charge on any atom is 0.227 e. The first-order valence-corrected chi connectivity index (χ1v) is 7.82. The number of rotatable bonds is 5. The lowest BCUT2D eigenvalue weighted by Crippen LogP contribution is -2.44. The van der Waals surface area contributed by atoms with Gasteiger partial charge in [0.25, 0.3) is 0 Å². The number of carbonyl (C=O) groups is 1. The van der Waals surface area contributed by atoms with Gasteiger partial charge in [-0.05, 0) is 50.3 Å². The molecule has 1 fully saturated rings. The van der Waals surface area contributed by atoms with Gasteiger partial charge in [-0.25, -0.2) is 0 Å². The van der Waals surface area contributed by atoms with E-state index in [-0.39, 0.29) is 5.91 Å². The van der Waals surface area contributed by atoms with E-state index in [4.69, 9.17) is 10.5 Å². The SMILES string of the molecule is CCN(C(=O)Cc1ccc(OC)cc1)C1CCC(N)CC1. The third kappa shape index (κ3) is 4.21. The van der Waals surface area contributed by atoms with Crippen LogP contribution in [-0.2, 0) is 11.2 Å². The van der Waals surface area contributed by atoms with Gasteiger partial charge >= 0.3 is 0 Å². The molecular weight excluding hydrogens is 264 g/mol. The fourth-order valence-corrected chi connectivity index (χ4v) is 3.07. The summed E-state index contributed by atoms with van der Waals surface area (Å²) in [6.45, 7) is 2.83. The van der Waals surface area contributed by atoms with Crippen molar-refractivity contribution in [2.45, 2.75) is 51.1 Å². The molecule has 1 aromatic rings. The molecule has 1 amide bonds. The zero-order valence-corrected chi connectivity index (χ0v) is 13.0. The highest BCUT2D eigenvalue weighted by Gasteiger charge is 2.26. The molecule has 21 heavy (non-hydrogen) atoms. The molecule has 116 valence electrons. The summed E-state index contributed by atoms with van der Waals surface area (Å²) in [7, 11) is 1.65. The average molecular weight is 290 g/mol. The summed E-state index contributed by atoms with van der Waals surface area (Å²) in [5, 5.41) is 0. The van der Waals surface area contributed by atoms with Gasteiger partial charge in [-0.3, -0.25) is 4.79 Å². The molecule has 1 aromatic carbocycles. The molecule has 1 aliphatic rings. The summed E-state index contributed by atoms with van der Waals surface area (Å²) < 4.78 is 5.14. The predicted octanol–water partition coefficient (Wildman–Crippen LogP) is 2.36. The Morgan fingerprint density at radius 3 is 2.38 bits per heavy atom. The van der Waals surface area contributed by atoms with Crippen molar-refractivity contribution in [2.75, 3.05) is 13.7 Å². The number of likely N-dealkylation sites (N-methyl/N-ethyl adjacent to an activating group) is 1. The summed E-state index contributed by atoms with van der Waals surface area (Å²) in [6.07, 6.45) is 4.57. The topological polar surface area (TPSA) is 55.6 Å². The van der Waals surface area contributed by atoms with E-state index in [1.807, 2.05) is 29.2 Å². The Balaban J connectivity index is 1.95. The number of carbonyl (C=O) groups excluding carboxylic acids is 1. The number of methoxy groups -OCH3 is 1. The van der Waals surface area contributed by atoms with Gasteiger partial charge in [0.1, 0.15) is 5.75 Å². The standard InChI is InChI=1S/C17H26N2O2/c1-3-19(15-8-6-14(18)7-9-15)17(20)12-13-4-10-16(21-2)11-5-13/h4-5,10-11,14-15H,3,6-9,12,18H2,1-2H3. The predicted molar refractivity (Wildman–Crippen MR) is 84.3 cm³/mol. The Labute approximate surface area is 127 Å². The highest BCUT2D eigenvalue weighted by atomic mass is 16.5. The third-order valence-corrected chi connectivity index (χ3v) is 4.36. The lowest BCUT2D eigenvalue weighted by atomic mass is 9.90. The Kier molecular flexibility index (Phi) is 5.62. The van der Waals surface area contributed by atoms with Gasteiger partial charge in [-0.2, -0.15) is 0 Å². The number of hydrogen-bond donors (Lipinski definition) is 1. The second-order valence-corrected chi connectivity index (χ2v) is 5.77. The van der Waals surface area contributed by atoms with Crippen LogP contribution in [-0.4, -0.2) is 36.5 Å². The van der Waals surface area contributed by atoms with Gasteiger partial charge in [0.05, 0.1) is 13.5 Å². The normalized spacial score (nSPS) is 21.9. The Bertz CT molecular complexity index is 450. The molecule has 0 bridgehead atoms. The van der Waals surface area contributed by atoms with Crippen LogP contribution in [0, 0.1) is 0 Å². The summed E-state index contributed by atoms with van der Waals surface area (Å²) in [6, 6.07) is 8.40. The van der Waals surface area contributed by atoms with Crippen LogP contribution in [0.2, 0.25) is 0 Å². The van der Waals surface area contributed by atoms with E-state index in [2.05, 4.69) is 6.92 Å². The van der Waals surface area contributed by atoms with Crippen LogP contribution in [0.5, 0.6) is 5.75 Å². The molecule has 0 aliphatic heterocycles. The molecule has 0 unspecified atom stereocenters. The Hall–Kier alpha value is -1.55. The smallest absolute Gasteiger partial charge is 0.227 e. The van der Waals surface area contributed by atoms with Gasteiger partial charge in [0.15, 0.2) is 0 Å². The van der Waals surface area contributed by atoms with Gasteiger partial charge in [0.2, 0.25) is 5.91 Å². The minimum atomic E-state index is 0.211. The summed E-state index contributed by atoms with van der Waals surface area (Å²) in [4.78, 5) is 14.6. The molecular formula is C17H26N2O2. The van der Waals surface area contributed by atoms with Gasteiger partial charge in [0, 0.05) is 18.6 Å². The first kappa shape index (κ1) is 15.8. The van der Waals surface area contributed by atoms with E-state index >= 15 is 0 Å². The maximum absolute atomic E-state index is 12.5. The molecule has 0 aromatic heterocycles. The number of benzene rings is 1. The molecule has 4 nitrogen and oxygen atoms in total. The van der Waals surface area contributed by atoms with Crippen molar-refractivity contribution in [1.29, 1.82) is 0 Å². The molecule has 4 heteroatoms. The fourth-order valence-electron chi connectivity index (χ4n) is 3.07. The highest BCUT2D eigenvalue weighted by molar-refractivity contribution is 5.79. The molecule has 2 rings (SSSR count). The van der Waals surface area contributed by atoms with E-state index in [0.29, 0.717) is 18.5 Å². The first-order chi connectivity index (χ1) is 10.1. The lowest BCUT2D eigenvalue weighted by molar-refractivity contribution is -0.133. The van der Waals surface area contributed by atoms with Gasteiger partial charge in [-0.1, -0.05) is 12.1 Å². The van der Waals surface area contributed by atoms with Crippen molar-refractivity contribution in [3.63, 3.8) is 0 Å². The minimum Gasteiger partial charge on any atom is -0.497 e. The second kappa shape index (κ2) is 7.46. The van der Waals surface area contributed by atoms with Crippen LogP contribution in [0.4, 0.5) is 0 Å². The fraction of sp³-hybridized carbons (Fsp3) is 0.588. The van der Waals surface area contributed by atoms with Gasteiger partial charge < -0.3 is 15.4 Å². The van der Waals surface area contributed by atoms with Crippen molar-refractivity contribution in [3.05, 3.63) is 29.8 Å². The molecule has 0 heterocycles. The average Bonchev–Trinajstić information content (AvgIpc) is 2.50. The largest absolute Gasteiger partial charge is 0.497 e. The zero-order chi connectivity index (χ0) is 15.2. The zero-order valence-electron chi connectivity index (χ0n) is 13.0. The molecule has 0 spiro atoms. The van der Waals surface area contributed by atoms with Gasteiger partial charge in [-0.15, -0.1) is 0 Å². The second-order valence-electron chi connectivity index (χ2n) is 5.77. The minimum absolute atomic E-state index is 0.211. The number of hydrogen-bond acceptors (Lipinski definition) is 3. The third-order valence-electron chi connectivity index (χ3n) is 4.36. The Morgan fingerprint density at radius 2 is 1.86 bits per heavy atom. The van der Waals surface area contributed by atoms with Crippen LogP contribution >= 0.6 is 0 Å². The lowest BCUT2D eigenvalue weighted by Gasteiger charge is -2.35. The number of nitrogens with zero attached hydrogens (tertiary/aromatic N) is 1. The number of ether oxygens (including phenoxy) is 1. The Morgan fingerprint density at radius 1 is 1.24 bits per heavy atom. The van der Waals surface area contributed by atoms with Crippen molar-refractivity contribution in [2.24, 2.45) is 5.73 Å². The first-order valence-electron chi connectivity index (χ1n) is 7.82. The molecule has 1 saturated carbocycles. The van der Waals surface area contributed by atoms with Crippen molar-refractivity contribution < 1.29 is 9.53 Å². The summed E-state index contributed by atoms with van der Waals surface area (Å²) >= 11 is 0. The maximum atomic E-state index is 12.5. The van der Waals surface area contributed by atoms with Crippen LogP contribution in [0.3, 0.4) is 0 Å². The summed E-state index contributed by atoms with van der Waals surface area (Å²) in [5.74, 6) is 1.03. The monoisotopic (exact) mass is 290 g/mol. The molecule has 1 aliphatic carbocycles. The van der Waals surface area contributed by atoms with Crippen LogP contribution in [0.15, 0.2) is 24.3 Å². The molecule has 0 radical (unpaired) electrons. The van der Waals surface area contributed by atoms with Crippen molar-refractivity contribution in [1.82, 2.24) is 4.90 Å². The number of nitrogens with two attached hydrogens (primary N) is 1. The van der Waals surface area contributed by atoms with E-state index in [9.17, 15) is 4.79 Å². The van der Waals surface area contributed by atoms with Crippen molar-refractivity contribution in [3.8, 4) is 5.75 Å². The van der Waals surface area contributed by atoms with E-state index < -0.39 is 0 Å². The summed E-state index contributed by atoms with van der Waals surface area (Å²) in [5.41, 5.74) is 6.98. The van der Waals surface area contributed by atoms with E-state index in [1.54, 1.807) is 7.11 Å². The van der Waals surface area contributed by atoms with Crippen LogP contribution < -0.4 is 10.5 Å².